The van der Waals surface area contributed by atoms with Gasteiger partial charge in [0, 0.05) is 38.2 Å². The number of benzene rings is 1. The van der Waals surface area contributed by atoms with Gasteiger partial charge in [-0.15, -0.1) is 0 Å². The molecule has 1 amide bonds. The summed E-state index contributed by atoms with van der Waals surface area (Å²) in [5, 5.41) is 9.77. The number of carbonyl (C=O) groups excluding carboxylic acids is 2. The summed E-state index contributed by atoms with van der Waals surface area (Å²) in [6.07, 6.45) is 2.77. The molecule has 6 heteroatoms. The van der Waals surface area contributed by atoms with Gasteiger partial charge in [-0.25, -0.2) is 0 Å². The molecule has 2 aliphatic rings. The van der Waals surface area contributed by atoms with Crippen LogP contribution in [0.3, 0.4) is 0 Å². The van der Waals surface area contributed by atoms with E-state index in [-0.39, 0.29) is 24.2 Å². The van der Waals surface area contributed by atoms with Crippen LogP contribution >= 0.6 is 0 Å². The van der Waals surface area contributed by atoms with Crippen LogP contribution in [0.5, 0.6) is 0 Å². The molecule has 1 N–H and O–H groups in total. The molecule has 0 saturated carbocycles. The molecule has 2 heterocycles. The Balaban J connectivity index is 1.68. The molecule has 6 nitrogen and oxygen atoms in total. The largest absolute Gasteiger partial charge is 0.469 e. The fourth-order valence-corrected chi connectivity index (χ4v) is 4.98. The molecule has 1 spiro atoms. The molecule has 0 bridgehead atoms. The Bertz CT molecular complexity index is 897. The van der Waals surface area contributed by atoms with Crippen LogP contribution in [0, 0.1) is 23.7 Å². The molecular formula is C27H38N2O4. The molecule has 3 rings (SSSR count). The summed E-state index contributed by atoms with van der Waals surface area (Å²) in [5.74, 6) is 5.79. The number of piperidine rings is 1. The highest BCUT2D eigenvalue weighted by molar-refractivity contribution is 5.89. The first kappa shape index (κ1) is 25.3. The van der Waals surface area contributed by atoms with E-state index < -0.39 is 11.1 Å². The van der Waals surface area contributed by atoms with Crippen LogP contribution < -0.4 is 0 Å². The summed E-state index contributed by atoms with van der Waals surface area (Å²) in [5.41, 5.74) is 0.648. The minimum absolute atomic E-state index is 0.0854. The van der Waals surface area contributed by atoms with E-state index in [0.29, 0.717) is 12.5 Å². The summed E-state index contributed by atoms with van der Waals surface area (Å²) < 4.78 is 5.10. The SMILES string of the molecule is COC(=O)C1CC(=O)N(CCC(C)C)C12CCN(Cc1ccc(C#CC(C)(C)O)cc1)CC2. The Kier molecular flexibility index (Phi) is 7.87. The van der Waals surface area contributed by atoms with Gasteiger partial charge in [0.1, 0.15) is 5.60 Å². The molecule has 180 valence electrons. The van der Waals surface area contributed by atoms with E-state index in [1.165, 1.54) is 12.7 Å². The van der Waals surface area contributed by atoms with Gasteiger partial charge in [-0.1, -0.05) is 37.8 Å². The van der Waals surface area contributed by atoms with Crippen LogP contribution in [0.15, 0.2) is 24.3 Å². The van der Waals surface area contributed by atoms with Crippen LogP contribution in [-0.4, -0.2) is 64.7 Å². The zero-order chi connectivity index (χ0) is 24.2. The molecule has 1 unspecified atom stereocenters. The molecular weight excluding hydrogens is 416 g/mol. The summed E-state index contributed by atoms with van der Waals surface area (Å²) in [7, 11) is 1.42. The van der Waals surface area contributed by atoms with E-state index in [1.54, 1.807) is 13.8 Å². The molecule has 0 aliphatic carbocycles. The maximum atomic E-state index is 12.9. The van der Waals surface area contributed by atoms with Gasteiger partial charge < -0.3 is 14.7 Å². The van der Waals surface area contributed by atoms with E-state index in [4.69, 9.17) is 4.74 Å². The Morgan fingerprint density at radius 1 is 1.24 bits per heavy atom. The number of amides is 1. The summed E-state index contributed by atoms with van der Waals surface area (Å²) >= 11 is 0. The smallest absolute Gasteiger partial charge is 0.311 e. The van der Waals surface area contributed by atoms with Crippen LogP contribution in [0.4, 0.5) is 0 Å². The normalized spacial score (nSPS) is 20.8. The highest BCUT2D eigenvalue weighted by atomic mass is 16.5. The summed E-state index contributed by atoms with van der Waals surface area (Å²) in [4.78, 5) is 29.9. The number of rotatable bonds is 6. The molecule has 1 atom stereocenters. The Hall–Kier alpha value is -2.36. The van der Waals surface area contributed by atoms with Crippen molar-refractivity contribution in [3.8, 4) is 11.8 Å². The first-order chi connectivity index (χ1) is 15.5. The van der Waals surface area contributed by atoms with Crippen molar-refractivity contribution in [2.75, 3.05) is 26.7 Å². The van der Waals surface area contributed by atoms with Gasteiger partial charge in [0.05, 0.1) is 18.6 Å². The second-order valence-electron chi connectivity index (χ2n) is 10.4. The van der Waals surface area contributed by atoms with Crippen molar-refractivity contribution in [1.29, 1.82) is 0 Å². The van der Waals surface area contributed by atoms with Gasteiger partial charge in [0.25, 0.3) is 0 Å². The van der Waals surface area contributed by atoms with E-state index in [2.05, 4.69) is 42.7 Å². The molecule has 0 radical (unpaired) electrons. The van der Waals surface area contributed by atoms with Gasteiger partial charge >= 0.3 is 5.97 Å². The number of nitrogens with zero attached hydrogens (tertiary/aromatic N) is 2. The van der Waals surface area contributed by atoms with Crippen molar-refractivity contribution in [1.82, 2.24) is 9.80 Å². The number of hydrogen-bond acceptors (Lipinski definition) is 5. The lowest BCUT2D eigenvalue weighted by atomic mass is 9.76. The van der Waals surface area contributed by atoms with Gasteiger partial charge in [0.2, 0.25) is 5.91 Å². The number of aliphatic hydroxyl groups is 1. The van der Waals surface area contributed by atoms with Gasteiger partial charge in [-0.05, 0) is 56.7 Å². The Morgan fingerprint density at radius 2 is 1.88 bits per heavy atom. The second-order valence-corrected chi connectivity index (χ2v) is 10.4. The zero-order valence-corrected chi connectivity index (χ0v) is 20.7. The molecule has 1 aromatic carbocycles. The van der Waals surface area contributed by atoms with Crippen molar-refractivity contribution in [2.45, 2.75) is 71.1 Å². The minimum Gasteiger partial charge on any atom is -0.469 e. The van der Waals surface area contributed by atoms with E-state index in [1.807, 2.05) is 17.0 Å². The third-order valence-corrected chi connectivity index (χ3v) is 6.88. The quantitative estimate of drug-likeness (QED) is 0.528. The van der Waals surface area contributed by atoms with Crippen LogP contribution in [0.2, 0.25) is 0 Å². The monoisotopic (exact) mass is 454 g/mol. The molecule has 1 aromatic rings. The first-order valence-corrected chi connectivity index (χ1v) is 12.0. The lowest BCUT2D eigenvalue weighted by Crippen LogP contribution is -2.57. The predicted molar refractivity (Wildman–Crippen MR) is 128 cm³/mol. The van der Waals surface area contributed by atoms with Crippen LogP contribution in [0.1, 0.15) is 64.5 Å². The molecule has 33 heavy (non-hydrogen) atoms. The average molecular weight is 455 g/mol. The molecule has 0 aromatic heterocycles. The maximum absolute atomic E-state index is 12.9. The molecule has 2 fully saturated rings. The van der Waals surface area contributed by atoms with Gasteiger partial charge in [0.15, 0.2) is 0 Å². The van der Waals surface area contributed by atoms with Crippen LogP contribution in [0.25, 0.3) is 0 Å². The maximum Gasteiger partial charge on any atom is 0.311 e. The third kappa shape index (κ3) is 6.16. The topological polar surface area (TPSA) is 70.1 Å². The van der Waals surface area contributed by atoms with E-state index in [9.17, 15) is 14.7 Å². The Morgan fingerprint density at radius 3 is 2.42 bits per heavy atom. The zero-order valence-electron chi connectivity index (χ0n) is 20.7. The number of carbonyl (C=O) groups is 2. The highest BCUT2D eigenvalue weighted by Gasteiger charge is 2.56. The standard InChI is InChI=1S/C27H38N2O4/c1-20(2)11-15-29-24(30)18-23(25(31)33-5)27(29)13-16-28(17-14-27)19-22-8-6-21(7-9-22)10-12-26(3,4)32/h6-9,20,23,32H,11,13-19H2,1-5H3. The average Bonchev–Trinajstić information content (AvgIpc) is 3.03. The number of likely N-dealkylation sites (tertiary alicyclic amines) is 2. The van der Waals surface area contributed by atoms with Crippen molar-refractivity contribution in [3.05, 3.63) is 35.4 Å². The van der Waals surface area contributed by atoms with E-state index >= 15 is 0 Å². The van der Waals surface area contributed by atoms with Gasteiger partial charge in [-0.2, -0.15) is 0 Å². The second kappa shape index (κ2) is 10.3. The summed E-state index contributed by atoms with van der Waals surface area (Å²) in [6.45, 7) is 10.9. The minimum atomic E-state index is -1.00. The highest BCUT2D eigenvalue weighted by Crippen LogP contribution is 2.44. The fourth-order valence-electron chi connectivity index (χ4n) is 4.98. The van der Waals surface area contributed by atoms with Crippen LogP contribution in [-0.2, 0) is 20.9 Å². The fraction of sp³-hybridized carbons (Fsp3) is 0.630. The number of ether oxygens (including phenoxy) is 1. The summed E-state index contributed by atoms with van der Waals surface area (Å²) in [6, 6.07) is 8.11. The van der Waals surface area contributed by atoms with E-state index in [0.717, 1.165) is 44.5 Å². The van der Waals surface area contributed by atoms with Crippen molar-refractivity contribution >= 4 is 11.9 Å². The third-order valence-electron chi connectivity index (χ3n) is 6.88. The van der Waals surface area contributed by atoms with Crippen molar-refractivity contribution in [2.24, 2.45) is 11.8 Å². The number of esters is 1. The number of hydrogen-bond donors (Lipinski definition) is 1. The lowest BCUT2D eigenvalue weighted by Gasteiger charge is -2.47. The van der Waals surface area contributed by atoms with Gasteiger partial charge in [-0.3, -0.25) is 14.5 Å². The molecule has 2 saturated heterocycles. The first-order valence-electron chi connectivity index (χ1n) is 12.0. The van der Waals surface area contributed by atoms with Crippen molar-refractivity contribution in [3.63, 3.8) is 0 Å². The predicted octanol–water partition coefficient (Wildman–Crippen LogP) is 3.21. The molecule has 2 aliphatic heterocycles. The number of methoxy groups -OCH3 is 1. The lowest BCUT2D eigenvalue weighted by molar-refractivity contribution is -0.150. The Labute approximate surface area is 198 Å². The van der Waals surface area contributed by atoms with Crippen molar-refractivity contribution < 1.29 is 19.4 Å².